The van der Waals surface area contributed by atoms with Gasteiger partial charge in [0.05, 0.1) is 11.0 Å². The van der Waals surface area contributed by atoms with Gasteiger partial charge in [0.15, 0.2) is 9.84 Å². The van der Waals surface area contributed by atoms with Crippen LogP contribution in [0.15, 0.2) is 0 Å². The second-order valence-electron chi connectivity index (χ2n) is 5.24. The lowest BCUT2D eigenvalue weighted by atomic mass is 10.1. The summed E-state index contributed by atoms with van der Waals surface area (Å²) in [5.41, 5.74) is 0. The molecule has 0 saturated heterocycles. The Morgan fingerprint density at radius 3 is 2.06 bits per heavy atom. The molecule has 0 radical (unpaired) electrons. The van der Waals surface area contributed by atoms with Gasteiger partial charge in [0.2, 0.25) is 0 Å². The Labute approximate surface area is 114 Å². The normalized spacial score (nSPS) is 17.4. The average molecular weight is 277 g/mol. The number of rotatable bonds is 10. The van der Waals surface area contributed by atoms with Gasteiger partial charge in [-0.1, -0.05) is 47.5 Å². The molecule has 0 aromatic carbocycles. The fraction of sp³-hybridized carbons (Fsp3) is 1.00. The lowest BCUT2D eigenvalue weighted by Crippen LogP contribution is -2.45. The van der Waals surface area contributed by atoms with Crippen LogP contribution in [0.5, 0.6) is 0 Å². The zero-order chi connectivity index (χ0) is 14.2. The highest BCUT2D eigenvalue weighted by molar-refractivity contribution is 7.92. The maximum atomic E-state index is 12.5. The molecule has 0 aromatic rings. The molecule has 0 rings (SSSR count). The standard InChI is InChI=1S/C14H31NO2S/c1-6-10-13(15-9-4)14(8-3)18(16,17)11-12(5)7-2/h12-15H,6-11H2,1-5H3. The molecule has 0 amide bonds. The maximum absolute atomic E-state index is 12.5. The highest BCUT2D eigenvalue weighted by Crippen LogP contribution is 2.19. The molecular weight excluding hydrogens is 246 g/mol. The van der Waals surface area contributed by atoms with Crippen molar-refractivity contribution in [3.63, 3.8) is 0 Å². The molecule has 0 saturated carbocycles. The van der Waals surface area contributed by atoms with Gasteiger partial charge in [-0.25, -0.2) is 8.42 Å². The van der Waals surface area contributed by atoms with Gasteiger partial charge in [-0.05, 0) is 25.3 Å². The molecule has 110 valence electrons. The van der Waals surface area contributed by atoms with Crippen LogP contribution in [0, 0.1) is 5.92 Å². The van der Waals surface area contributed by atoms with E-state index in [2.05, 4.69) is 19.2 Å². The Hall–Kier alpha value is -0.0900. The van der Waals surface area contributed by atoms with Gasteiger partial charge in [0.25, 0.3) is 0 Å². The topological polar surface area (TPSA) is 46.2 Å². The first-order chi connectivity index (χ1) is 8.42. The number of sulfone groups is 1. The maximum Gasteiger partial charge on any atom is 0.154 e. The van der Waals surface area contributed by atoms with Gasteiger partial charge in [-0.2, -0.15) is 0 Å². The van der Waals surface area contributed by atoms with E-state index in [9.17, 15) is 8.42 Å². The first-order valence-corrected chi connectivity index (χ1v) is 9.09. The van der Waals surface area contributed by atoms with Crippen molar-refractivity contribution in [3.05, 3.63) is 0 Å². The summed E-state index contributed by atoms with van der Waals surface area (Å²) in [6.07, 6.45) is 3.59. The molecule has 18 heavy (non-hydrogen) atoms. The van der Waals surface area contributed by atoms with Crippen molar-refractivity contribution in [3.8, 4) is 0 Å². The largest absolute Gasteiger partial charge is 0.313 e. The molecule has 4 heteroatoms. The van der Waals surface area contributed by atoms with Crippen molar-refractivity contribution >= 4 is 9.84 Å². The molecule has 0 aliphatic carbocycles. The monoisotopic (exact) mass is 277 g/mol. The van der Waals surface area contributed by atoms with Crippen LogP contribution >= 0.6 is 0 Å². The van der Waals surface area contributed by atoms with Gasteiger partial charge in [-0.15, -0.1) is 0 Å². The number of nitrogens with one attached hydrogen (secondary N) is 1. The van der Waals surface area contributed by atoms with Gasteiger partial charge >= 0.3 is 0 Å². The highest BCUT2D eigenvalue weighted by Gasteiger charge is 2.31. The van der Waals surface area contributed by atoms with E-state index in [0.29, 0.717) is 12.2 Å². The number of hydrogen-bond donors (Lipinski definition) is 1. The van der Waals surface area contributed by atoms with Crippen molar-refractivity contribution in [2.24, 2.45) is 5.92 Å². The summed E-state index contributed by atoms with van der Waals surface area (Å²) in [6, 6.07) is 0.110. The van der Waals surface area contributed by atoms with E-state index in [1.165, 1.54) is 0 Å². The predicted molar refractivity (Wildman–Crippen MR) is 79.7 cm³/mol. The average Bonchev–Trinajstić information content (AvgIpc) is 2.29. The molecule has 1 N–H and O–H groups in total. The zero-order valence-corrected chi connectivity index (χ0v) is 13.5. The Morgan fingerprint density at radius 1 is 1.06 bits per heavy atom. The fourth-order valence-corrected chi connectivity index (χ4v) is 4.94. The number of hydrogen-bond acceptors (Lipinski definition) is 3. The third kappa shape index (κ3) is 5.70. The van der Waals surface area contributed by atoms with Crippen molar-refractivity contribution in [2.45, 2.75) is 71.6 Å². The Kier molecular flexibility index (Phi) is 8.87. The van der Waals surface area contributed by atoms with E-state index in [0.717, 1.165) is 25.8 Å². The zero-order valence-electron chi connectivity index (χ0n) is 12.7. The van der Waals surface area contributed by atoms with Crippen LogP contribution in [0.1, 0.15) is 60.3 Å². The van der Waals surface area contributed by atoms with E-state index in [1.807, 2.05) is 20.8 Å². The SMILES string of the molecule is CCCC(NCC)C(CC)S(=O)(=O)CC(C)CC. The van der Waals surface area contributed by atoms with Gasteiger partial charge in [-0.3, -0.25) is 0 Å². The lowest BCUT2D eigenvalue weighted by molar-refractivity contribution is 0.441. The summed E-state index contributed by atoms with van der Waals surface area (Å²) in [5.74, 6) is 0.584. The molecule has 0 spiro atoms. The minimum absolute atomic E-state index is 0.110. The minimum Gasteiger partial charge on any atom is -0.313 e. The van der Waals surface area contributed by atoms with Crippen molar-refractivity contribution in [2.75, 3.05) is 12.3 Å². The molecule has 3 nitrogen and oxygen atoms in total. The van der Waals surface area contributed by atoms with Crippen LogP contribution in [0.25, 0.3) is 0 Å². The van der Waals surface area contributed by atoms with E-state index in [-0.39, 0.29) is 17.2 Å². The van der Waals surface area contributed by atoms with Crippen molar-refractivity contribution < 1.29 is 8.42 Å². The molecule has 0 aliphatic heterocycles. The van der Waals surface area contributed by atoms with E-state index in [1.54, 1.807) is 0 Å². The second-order valence-corrected chi connectivity index (χ2v) is 7.51. The van der Waals surface area contributed by atoms with Gasteiger partial charge in [0.1, 0.15) is 0 Å². The Balaban J connectivity index is 4.89. The summed E-state index contributed by atoms with van der Waals surface area (Å²) in [4.78, 5) is 0. The molecule has 3 atom stereocenters. The summed E-state index contributed by atoms with van der Waals surface area (Å²) in [5, 5.41) is 3.12. The first kappa shape index (κ1) is 17.9. The summed E-state index contributed by atoms with van der Waals surface area (Å²) < 4.78 is 25.0. The summed E-state index contributed by atoms with van der Waals surface area (Å²) in [7, 11) is -2.99. The van der Waals surface area contributed by atoms with Crippen LogP contribution in [-0.4, -0.2) is 32.0 Å². The molecule has 3 unspecified atom stereocenters. The van der Waals surface area contributed by atoms with Crippen molar-refractivity contribution in [1.82, 2.24) is 5.32 Å². The Morgan fingerprint density at radius 2 is 1.67 bits per heavy atom. The summed E-state index contributed by atoms with van der Waals surface area (Å²) >= 11 is 0. The minimum atomic E-state index is -2.99. The smallest absolute Gasteiger partial charge is 0.154 e. The highest BCUT2D eigenvalue weighted by atomic mass is 32.2. The van der Waals surface area contributed by atoms with Crippen LogP contribution in [0.4, 0.5) is 0 Å². The molecule has 0 aromatic heterocycles. The Bertz CT molecular complexity index is 295. The van der Waals surface area contributed by atoms with Gasteiger partial charge in [0, 0.05) is 6.04 Å². The van der Waals surface area contributed by atoms with Crippen molar-refractivity contribution in [1.29, 1.82) is 0 Å². The van der Waals surface area contributed by atoms with E-state index < -0.39 is 9.84 Å². The van der Waals surface area contributed by atoms with E-state index >= 15 is 0 Å². The summed E-state index contributed by atoms with van der Waals surface area (Å²) in [6.45, 7) is 11.0. The first-order valence-electron chi connectivity index (χ1n) is 7.37. The molecule has 0 heterocycles. The van der Waals surface area contributed by atoms with Crippen LogP contribution in [-0.2, 0) is 9.84 Å². The van der Waals surface area contributed by atoms with Crippen LogP contribution in [0.2, 0.25) is 0 Å². The molecular formula is C14H31NO2S. The molecule has 0 bridgehead atoms. The quantitative estimate of drug-likeness (QED) is 0.667. The fourth-order valence-electron chi connectivity index (χ4n) is 2.42. The predicted octanol–water partition coefficient (Wildman–Crippen LogP) is 3.00. The lowest BCUT2D eigenvalue weighted by Gasteiger charge is -2.27. The van der Waals surface area contributed by atoms with Crippen LogP contribution < -0.4 is 5.32 Å². The molecule has 0 fully saturated rings. The van der Waals surface area contributed by atoms with Crippen LogP contribution in [0.3, 0.4) is 0 Å². The third-order valence-corrected chi connectivity index (χ3v) is 6.21. The molecule has 0 aliphatic rings. The third-order valence-electron chi connectivity index (χ3n) is 3.59. The van der Waals surface area contributed by atoms with Gasteiger partial charge < -0.3 is 5.32 Å². The second kappa shape index (κ2) is 8.92. The van der Waals surface area contributed by atoms with E-state index in [4.69, 9.17) is 0 Å².